The Hall–Kier alpha value is 0.270. The third-order valence-corrected chi connectivity index (χ3v) is 3.90. The molecule has 1 atom stereocenters. The van der Waals surface area contributed by atoms with E-state index in [4.69, 9.17) is 10.5 Å². The second kappa shape index (κ2) is 5.99. The molecule has 84 valence electrons. The van der Waals surface area contributed by atoms with E-state index in [1.165, 1.54) is 30.8 Å². The summed E-state index contributed by atoms with van der Waals surface area (Å²) in [7, 11) is 0. The Morgan fingerprint density at radius 2 is 2.29 bits per heavy atom. The first-order chi connectivity index (χ1) is 6.64. The number of thioether (sulfide) groups is 1. The molecule has 2 N–H and O–H groups in total. The molecular formula is C11H23NOS. The van der Waals surface area contributed by atoms with Gasteiger partial charge in [0.25, 0.3) is 0 Å². The van der Waals surface area contributed by atoms with Crippen LogP contribution in [-0.4, -0.2) is 30.8 Å². The molecule has 3 heteroatoms. The fraction of sp³-hybridized carbons (Fsp3) is 1.00. The van der Waals surface area contributed by atoms with Crippen LogP contribution in [0, 0.1) is 5.41 Å². The Labute approximate surface area is 92.0 Å². The van der Waals surface area contributed by atoms with Crippen molar-refractivity contribution < 1.29 is 4.74 Å². The van der Waals surface area contributed by atoms with Crippen LogP contribution in [0.15, 0.2) is 0 Å². The normalized spacial score (nSPS) is 22.9. The van der Waals surface area contributed by atoms with E-state index in [-0.39, 0.29) is 0 Å². The minimum absolute atomic E-state index is 0.309. The topological polar surface area (TPSA) is 35.2 Å². The minimum Gasteiger partial charge on any atom is -0.377 e. The van der Waals surface area contributed by atoms with Gasteiger partial charge in [0.15, 0.2) is 0 Å². The van der Waals surface area contributed by atoms with Crippen molar-refractivity contribution in [2.24, 2.45) is 11.1 Å². The summed E-state index contributed by atoms with van der Waals surface area (Å²) in [6.07, 6.45) is 4.24. The van der Waals surface area contributed by atoms with Gasteiger partial charge < -0.3 is 10.5 Å². The average Bonchev–Trinajstić information content (AvgIpc) is 2.65. The third-order valence-electron chi connectivity index (χ3n) is 2.80. The molecule has 1 saturated heterocycles. The highest BCUT2D eigenvalue weighted by Gasteiger charge is 2.17. The maximum Gasteiger partial charge on any atom is 0.0666 e. The van der Waals surface area contributed by atoms with E-state index < -0.39 is 0 Å². The summed E-state index contributed by atoms with van der Waals surface area (Å²) in [4.78, 5) is 0. The van der Waals surface area contributed by atoms with Crippen LogP contribution >= 0.6 is 11.8 Å². The van der Waals surface area contributed by atoms with Crippen LogP contribution < -0.4 is 5.73 Å². The van der Waals surface area contributed by atoms with E-state index in [9.17, 15) is 0 Å². The molecule has 14 heavy (non-hydrogen) atoms. The van der Waals surface area contributed by atoms with Crippen molar-refractivity contribution in [2.75, 3.05) is 24.7 Å². The Kier molecular flexibility index (Phi) is 5.28. The Bertz CT molecular complexity index is 155. The zero-order valence-electron chi connectivity index (χ0n) is 9.42. The Morgan fingerprint density at radius 1 is 1.50 bits per heavy atom. The molecule has 0 bridgehead atoms. The van der Waals surface area contributed by atoms with Crippen LogP contribution in [0.4, 0.5) is 0 Å². The van der Waals surface area contributed by atoms with Gasteiger partial charge in [-0.15, -0.1) is 0 Å². The number of nitrogens with two attached hydrogens (primary N) is 1. The fourth-order valence-electron chi connectivity index (χ4n) is 1.44. The minimum atomic E-state index is 0.309. The highest BCUT2D eigenvalue weighted by molar-refractivity contribution is 7.99. The van der Waals surface area contributed by atoms with E-state index in [1.54, 1.807) is 0 Å². The van der Waals surface area contributed by atoms with Crippen molar-refractivity contribution in [2.45, 2.75) is 39.2 Å². The number of ether oxygens (including phenoxy) is 1. The van der Waals surface area contributed by atoms with Crippen molar-refractivity contribution in [3.05, 3.63) is 0 Å². The zero-order chi connectivity index (χ0) is 10.4. The maximum absolute atomic E-state index is 5.68. The van der Waals surface area contributed by atoms with Gasteiger partial charge in [-0.2, -0.15) is 11.8 Å². The van der Waals surface area contributed by atoms with Crippen LogP contribution in [0.1, 0.15) is 33.1 Å². The van der Waals surface area contributed by atoms with Crippen LogP contribution in [-0.2, 0) is 4.74 Å². The Morgan fingerprint density at radius 3 is 2.86 bits per heavy atom. The molecule has 1 aliphatic rings. The van der Waals surface area contributed by atoms with E-state index >= 15 is 0 Å². The van der Waals surface area contributed by atoms with Gasteiger partial charge in [0.05, 0.1) is 6.10 Å². The fourth-order valence-corrected chi connectivity index (χ4v) is 2.83. The quantitative estimate of drug-likeness (QED) is 0.693. The van der Waals surface area contributed by atoms with Gasteiger partial charge in [-0.3, -0.25) is 0 Å². The van der Waals surface area contributed by atoms with Crippen LogP contribution in [0.3, 0.4) is 0 Å². The van der Waals surface area contributed by atoms with E-state index in [2.05, 4.69) is 13.8 Å². The first-order valence-electron chi connectivity index (χ1n) is 5.53. The van der Waals surface area contributed by atoms with Crippen LogP contribution in [0.2, 0.25) is 0 Å². The first-order valence-corrected chi connectivity index (χ1v) is 6.69. The van der Waals surface area contributed by atoms with Crippen molar-refractivity contribution in [1.82, 2.24) is 0 Å². The molecule has 1 heterocycles. The average molecular weight is 217 g/mol. The summed E-state index contributed by atoms with van der Waals surface area (Å²) < 4.78 is 5.57. The molecule has 1 aliphatic heterocycles. The molecule has 1 unspecified atom stereocenters. The monoisotopic (exact) mass is 217 g/mol. The molecule has 1 rings (SSSR count). The second-order valence-electron chi connectivity index (χ2n) is 4.83. The molecule has 0 amide bonds. The molecule has 0 radical (unpaired) electrons. The third kappa shape index (κ3) is 4.67. The number of hydrogen-bond acceptors (Lipinski definition) is 3. The molecule has 0 aromatic carbocycles. The lowest BCUT2D eigenvalue weighted by Crippen LogP contribution is -2.24. The zero-order valence-corrected chi connectivity index (χ0v) is 10.2. The van der Waals surface area contributed by atoms with E-state index in [0.29, 0.717) is 11.5 Å². The number of rotatable bonds is 6. The smallest absolute Gasteiger partial charge is 0.0666 e. The highest BCUT2D eigenvalue weighted by atomic mass is 32.2. The molecule has 1 fully saturated rings. The lowest BCUT2D eigenvalue weighted by atomic mass is 9.91. The summed E-state index contributed by atoms with van der Waals surface area (Å²) in [6, 6.07) is 0. The summed E-state index contributed by atoms with van der Waals surface area (Å²) in [5.74, 6) is 2.38. The lowest BCUT2D eigenvalue weighted by Gasteiger charge is -2.22. The molecule has 0 saturated carbocycles. The van der Waals surface area contributed by atoms with E-state index in [0.717, 1.165) is 13.2 Å². The van der Waals surface area contributed by atoms with Crippen molar-refractivity contribution in [1.29, 1.82) is 0 Å². The standard InChI is InChI=1S/C11H23NOS/c1-11(2,9-12)5-7-14-8-10-4-3-6-13-10/h10H,3-9,12H2,1-2H3. The van der Waals surface area contributed by atoms with Gasteiger partial charge in [0, 0.05) is 12.4 Å². The molecule has 0 spiro atoms. The van der Waals surface area contributed by atoms with E-state index in [1.807, 2.05) is 11.8 Å². The molecule has 0 aromatic heterocycles. The van der Waals surface area contributed by atoms with Gasteiger partial charge >= 0.3 is 0 Å². The summed E-state index contributed by atoms with van der Waals surface area (Å²) in [5, 5.41) is 0. The summed E-state index contributed by atoms with van der Waals surface area (Å²) >= 11 is 2.01. The van der Waals surface area contributed by atoms with Crippen LogP contribution in [0.25, 0.3) is 0 Å². The van der Waals surface area contributed by atoms with Gasteiger partial charge in [-0.1, -0.05) is 13.8 Å². The van der Waals surface area contributed by atoms with Gasteiger partial charge in [-0.05, 0) is 37.0 Å². The van der Waals surface area contributed by atoms with Crippen LogP contribution in [0.5, 0.6) is 0 Å². The van der Waals surface area contributed by atoms with Crippen molar-refractivity contribution in [3.63, 3.8) is 0 Å². The number of hydrogen-bond donors (Lipinski definition) is 1. The Balaban J connectivity index is 1.98. The first kappa shape index (κ1) is 12.3. The van der Waals surface area contributed by atoms with Crippen molar-refractivity contribution >= 4 is 11.8 Å². The SMILES string of the molecule is CC(C)(CN)CCSCC1CCCO1. The predicted molar refractivity (Wildman–Crippen MR) is 63.8 cm³/mol. The predicted octanol–water partition coefficient (Wildman–Crippen LogP) is 2.27. The highest BCUT2D eigenvalue weighted by Crippen LogP contribution is 2.23. The molecule has 0 aromatic rings. The van der Waals surface area contributed by atoms with Gasteiger partial charge in [0.2, 0.25) is 0 Å². The molecule has 2 nitrogen and oxygen atoms in total. The summed E-state index contributed by atoms with van der Waals surface area (Å²) in [5.41, 5.74) is 5.99. The molecule has 0 aliphatic carbocycles. The van der Waals surface area contributed by atoms with Crippen molar-refractivity contribution in [3.8, 4) is 0 Å². The van der Waals surface area contributed by atoms with Gasteiger partial charge in [-0.25, -0.2) is 0 Å². The lowest BCUT2D eigenvalue weighted by molar-refractivity contribution is 0.129. The second-order valence-corrected chi connectivity index (χ2v) is 5.98. The van der Waals surface area contributed by atoms with Gasteiger partial charge in [0.1, 0.15) is 0 Å². The largest absolute Gasteiger partial charge is 0.377 e. The molecular weight excluding hydrogens is 194 g/mol. The maximum atomic E-state index is 5.68. The summed E-state index contributed by atoms with van der Waals surface area (Å²) in [6.45, 7) is 6.23.